The Morgan fingerprint density at radius 1 is 1.00 bits per heavy atom. The molecular formula is C18H19N2O3PS. The first-order chi connectivity index (χ1) is 12.1. The Bertz CT molecular complexity index is 831. The standard InChI is InChI=1S/C18H19N2O3PS/c1-3-22-24(21,23-4-2)17-19-20-18(25-17)15-11-7-5-9-13(15)14-10-6-8-12-16(14)18/h5-12,17H,3-4H2,1-2H3. The Labute approximate surface area is 151 Å². The van der Waals surface area contributed by atoms with Gasteiger partial charge in [-0.05, 0) is 25.0 Å². The lowest BCUT2D eigenvalue weighted by Gasteiger charge is -2.24. The summed E-state index contributed by atoms with van der Waals surface area (Å²) in [5.74, 6) is 0. The van der Waals surface area contributed by atoms with Gasteiger partial charge < -0.3 is 9.05 Å². The van der Waals surface area contributed by atoms with E-state index in [1.807, 2.05) is 24.3 Å². The van der Waals surface area contributed by atoms with Crippen molar-refractivity contribution >= 4 is 19.4 Å². The summed E-state index contributed by atoms with van der Waals surface area (Å²) in [4.78, 5) is -0.679. The molecule has 7 heteroatoms. The number of hydrogen-bond donors (Lipinski definition) is 0. The van der Waals surface area contributed by atoms with Gasteiger partial charge in [-0.15, -0.1) is 0 Å². The monoisotopic (exact) mass is 374 g/mol. The van der Waals surface area contributed by atoms with Crippen LogP contribution in [0.15, 0.2) is 58.8 Å². The fourth-order valence-electron chi connectivity index (χ4n) is 3.39. The van der Waals surface area contributed by atoms with Crippen LogP contribution in [0.5, 0.6) is 0 Å². The van der Waals surface area contributed by atoms with Gasteiger partial charge in [0.1, 0.15) is 0 Å². The molecule has 4 rings (SSSR count). The minimum atomic E-state index is -3.37. The highest BCUT2D eigenvalue weighted by molar-refractivity contribution is 8.06. The van der Waals surface area contributed by atoms with Crippen molar-refractivity contribution in [3.63, 3.8) is 0 Å². The lowest BCUT2D eigenvalue weighted by molar-refractivity contribution is 0.218. The molecule has 0 amide bonds. The van der Waals surface area contributed by atoms with Crippen LogP contribution in [0.3, 0.4) is 0 Å². The van der Waals surface area contributed by atoms with Crippen molar-refractivity contribution < 1.29 is 13.6 Å². The molecule has 2 aliphatic rings. The number of benzene rings is 2. The number of fused-ring (bicyclic) bond motifs is 5. The Morgan fingerprint density at radius 3 is 2.04 bits per heavy atom. The Kier molecular flexibility index (Phi) is 4.32. The first kappa shape index (κ1) is 17.0. The predicted molar refractivity (Wildman–Crippen MR) is 99.8 cm³/mol. The van der Waals surface area contributed by atoms with Crippen molar-refractivity contribution in [3.05, 3.63) is 59.7 Å². The van der Waals surface area contributed by atoms with Gasteiger partial charge in [0, 0.05) is 11.1 Å². The molecule has 130 valence electrons. The van der Waals surface area contributed by atoms with Crippen LogP contribution in [-0.2, 0) is 18.5 Å². The Balaban J connectivity index is 1.80. The summed E-state index contributed by atoms with van der Waals surface area (Å²) in [7, 11) is -3.37. The van der Waals surface area contributed by atoms with Gasteiger partial charge in [-0.25, -0.2) is 0 Å². The van der Waals surface area contributed by atoms with Gasteiger partial charge in [0.2, 0.25) is 5.11 Å². The smallest absolute Gasteiger partial charge is 0.307 e. The first-order valence-electron chi connectivity index (χ1n) is 8.32. The van der Waals surface area contributed by atoms with E-state index in [9.17, 15) is 4.57 Å². The molecule has 5 nitrogen and oxygen atoms in total. The molecule has 0 aromatic heterocycles. The SMILES string of the molecule is CCOP(=O)(OCC)C1N=NC2(S1)c1ccccc1-c1ccccc12. The molecule has 25 heavy (non-hydrogen) atoms. The second kappa shape index (κ2) is 6.36. The minimum absolute atomic E-state index is 0.310. The van der Waals surface area contributed by atoms with Gasteiger partial charge in [0.25, 0.3) is 0 Å². The molecule has 1 heterocycles. The third-order valence-electron chi connectivity index (χ3n) is 4.34. The van der Waals surface area contributed by atoms with Gasteiger partial charge in [-0.1, -0.05) is 60.3 Å². The molecule has 0 bridgehead atoms. The van der Waals surface area contributed by atoms with Crippen LogP contribution in [0.1, 0.15) is 25.0 Å². The van der Waals surface area contributed by atoms with Crippen LogP contribution in [-0.4, -0.2) is 18.3 Å². The molecule has 2 aromatic rings. The average molecular weight is 374 g/mol. The summed E-state index contributed by atoms with van der Waals surface area (Å²) in [6, 6.07) is 16.4. The third-order valence-corrected chi connectivity index (χ3v) is 8.48. The zero-order chi connectivity index (χ0) is 17.5. The molecule has 0 N–H and O–H groups in total. The van der Waals surface area contributed by atoms with Crippen LogP contribution in [0, 0.1) is 0 Å². The zero-order valence-corrected chi connectivity index (χ0v) is 15.8. The highest BCUT2D eigenvalue weighted by Crippen LogP contribution is 2.68. The maximum absolute atomic E-state index is 13.2. The summed E-state index contributed by atoms with van der Waals surface area (Å²) < 4.78 is 24.1. The Morgan fingerprint density at radius 2 is 1.52 bits per heavy atom. The molecule has 0 saturated heterocycles. The van der Waals surface area contributed by atoms with Gasteiger partial charge in [-0.2, -0.15) is 10.2 Å². The van der Waals surface area contributed by atoms with Crippen LogP contribution < -0.4 is 0 Å². The summed E-state index contributed by atoms with van der Waals surface area (Å²) in [5, 5.41) is 8.31. The van der Waals surface area contributed by atoms with Crippen LogP contribution in [0.4, 0.5) is 0 Å². The molecule has 1 spiro atoms. The van der Waals surface area contributed by atoms with Crippen molar-refractivity contribution in [3.8, 4) is 11.1 Å². The molecule has 0 saturated carbocycles. The normalized spacial score (nSPS) is 20.0. The second-order valence-electron chi connectivity index (χ2n) is 5.77. The number of thioether (sulfide) groups is 1. The van der Waals surface area contributed by atoms with E-state index in [2.05, 4.69) is 34.5 Å². The van der Waals surface area contributed by atoms with Crippen molar-refractivity contribution in [2.75, 3.05) is 13.2 Å². The summed E-state index contributed by atoms with van der Waals surface area (Å²) in [6.45, 7) is 4.23. The number of rotatable bonds is 5. The fourth-order valence-corrected chi connectivity index (χ4v) is 7.06. The molecular weight excluding hydrogens is 355 g/mol. The van der Waals surface area contributed by atoms with E-state index in [0.717, 1.165) is 22.3 Å². The molecule has 0 fully saturated rings. The molecule has 2 aromatic carbocycles. The van der Waals surface area contributed by atoms with E-state index < -0.39 is 17.6 Å². The zero-order valence-electron chi connectivity index (χ0n) is 14.1. The van der Waals surface area contributed by atoms with Gasteiger partial charge >= 0.3 is 7.60 Å². The summed E-state index contributed by atoms with van der Waals surface area (Å²) in [6.07, 6.45) is 0. The van der Waals surface area contributed by atoms with Gasteiger partial charge in [0.05, 0.1) is 13.2 Å². The molecule has 0 radical (unpaired) electrons. The maximum atomic E-state index is 13.2. The fraction of sp³-hybridized carbons (Fsp3) is 0.333. The van der Waals surface area contributed by atoms with E-state index in [4.69, 9.17) is 9.05 Å². The molecule has 1 aliphatic heterocycles. The summed E-state index contributed by atoms with van der Waals surface area (Å²) in [5.41, 5.74) is 4.44. The van der Waals surface area contributed by atoms with Crippen molar-refractivity contribution in [2.24, 2.45) is 10.2 Å². The topological polar surface area (TPSA) is 60.2 Å². The number of hydrogen-bond acceptors (Lipinski definition) is 6. The van der Waals surface area contributed by atoms with E-state index >= 15 is 0 Å². The van der Waals surface area contributed by atoms with Gasteiger partial charge in [0.15, 0.2) is 4.87 Å². The Hall–Kier alpha value is -1.46. The number of nitrogens with zero attached hydrogens (tertiary/aromatic N) is 2. The van der Waals surface area contributed by atoms with E-state index in [0.29, 0.717) is 13.2 Å². The van der Waals surface area contributed by atoms with Crippen LogP contribution >= 0.6 is 19.4 Å². The minimum Gasteiger partial charge on any atom is -0.307 e. The van der Waals surface area contributed by atoms with Crippen molar-refractivity contribution in [1.82, 2.24) is 0 Å². The quantitative estimate of drug-likeness (QED) is 0.638. The van der Waals surface area contributed by atoms with E-state index in [-0.39, 0.29) is 0 Å². The third kappa shape index (κ3) is 2.51. The predicted octanol–water partition coefficient (Wildman–Crippen LogP) is 5.62. The maximum Gasteiger partial charge on any atom is 0.367 e. The van der Waals surface area contributed by atoms with E-state index in [1.165, 1.54) is 11.8 Å². The molecule has 1 aliphatic carbocycles. The van der Waals surface area contributed by atoms with Crippen molar-refractivity contribution in [2.45, 2.75) is 23.8 Å². The van der Waals surface area contributed by atoms with Crippen LogP contribution in [0.25, 0.3) is 11.1 Å². The molecule has 1 unspecified atom stereocenters. The van der Waals surface area contributed by atoms with E-state index in [1.54, 1.807) is 13.8 Å². The number of azo groups is 1. The van der Waals surface area contributed by atoms with Gasteiger partial charge in [-0.3, -0.25) is 4.57 Å². The average Bonchev–Trinajstić information content (AvgIpc) is 3.19. The second-order valence-corrected chi connectivity index (χ2v) is 9.48. The lowest BCUT2D eigenvalue weighted by Crippen LogP contribution is -2.17. The largest absolute Gasteiger partial charge is 0.367 e. The molecule has 1 atom stereocenters. The summed E-state index contributed by atoms with van der Waals surface area (Å²) >= 11 is 1.45. The highest BCUT2D eigenvalue weighted by Gasteiger charge is 2.54. The van der Waals surface area contributed by atoms with Crippen molar-refractivity contribution in [1.29, 1.82) is 0 Å². The first-order valence-corrected chi connectivity index (χ1v) is 10.8. The van der Waals surface area contributed by atoms with Crippen LogP contribution in [0.2, 0.25) is 0 Å². The highest BCUT2D eigenvalue weighted by atomic mass is 32.2. The lowest BCUT2D eigenvalue weighted by atomic mass is 10.1.